The van der Waals surface area contributed by atoms with Gasteiger partial charge in [-0.3, -0.25) is 4.79 Å². The fraction of sp³-hybridized carbons (Fsp3) is 0.348. The zero-order chi connectivity index (χ0) is 22.0. The summed E-state index contributed by atoms with van der Waals surface area (Å²) >= 11 is 0. The summed E-state index contributed by atoms with van der Waals surface area (Å²) in [5.41, 5.74) is 2.12. The summed E-state index contributed by atoms with van der Waals surface area (Å²) in [4.78, 5) is 18.7. The van der Waals surface area contributed by atoms with Crippen molar-refractivity contribution >= 4 is 11.6 Å². The van der Waals surface area contributed by atoms with Gasteiger partial charge in [-0.1, -0.05) is 18.1 Å². The van der Waals surface area contributed by atoms with Gasteiger partial charge in [-0.2, -0.15) is 4.98 Å². The van der Waals surface area contributed by atoms with Crippen molar-refractivity contribution in [3.05, 3.63) is 53.7 Å². The van der Waals surface area contributed by atoms with E-state index in [0.29, 0.717) is 42.1 Å². The van der Waals surface area contributed by atoms with Crippen LogP contribution >= 0.6 is 0 Å². The van der Waals surface area contributed by atoms with Gasteiger partial charge in [0, 0.05) is 24.2 Å². The summed E-state index contributed by atoms with van der Waals surface area (Å²) in [5.74, 6) is 1.29. The van der Waals surface area contributed by atoms with Crippen LogP contribution in [-0.4, -0.2) is 36.3 Å². The van der Waals surface area contributed by atoms with Crippen LogP contribution in [0.2, 0.25) is 0 Å². The minimum Gasteiger partial charge on any atom is -0.493 e. The molecule has 1 amide bonds. The molecule has 2 aromatic carbocycles. The van der Waals surface area contributed by atoms with Crippen LogP contribution in [0.15, 0.2) is 40.9 Å². The number of ether oxygens (including phenoxy) is 2. The predicted molar refractivity (Wildman–Crippen MR) is 113 cm³/mol. The van der Waals surface area contributed by atoms with Crippen LogP contribution in [-0.2, 0) is 4.79 Å². The van der Waals surface area contributed by atoms with Crippen molar-refractivity contribution in [3.63, 3.8) is 0 Å². The average Bonchev–Trinajstić information content (AvgIpc) is 3.41. The number of methoxy groups -OCH3 is 1. The molecule has 1 aliphatic rings. The van der Waals surface area contributed by atoms with Gasteiger partial charge in [0.2, 0.25) is 17.6 Å². The van der Waals surface area contributed by atoms with Gasteiger partial charge >= 0.3 is 0 Å². The molecule has 4 rings (SSSR count). The van der Waals surface area contributed by atoms with Crippen LogP contribution < -0.4 is 14.4 Å². The quantitative estimate of drug-likeness (QED) is 0.555. The van der Waals surface area contributed by atoms with E-state index in [1.165, 1.54) is 12.1 Å². The Morgan fingerprint density at radius 2 is 2.06 bits per heavy atom. The molecule has 0 spiro atoms. The fourth-order valence-electron chi connectivity index (χ4n) is 3.64. The van der Waals surface area contributed by atoms with E-state index in [4.69, 9.17) is 14.0 Å². The zero-order valence-electron chi connectivity index (χ0n) is 17.7. The molecule has 0 radical (unpaired) electrons. The van der Waals surface area contributed by atoms with Crippen molar-refractivity contribution in [2.45, 2.75) is 32.6 Å². The smallest absolute Gasteiger partial charge is 0.232 e. The summed E-state index contributed by atoms with van der Waals surface area (Å²) in [6, 6.07) is 9.87. The number of anilines is 1. The molecule has 1 aromatic heterocycles. The molecule has 1 unspecified atom stereocenters. The topological polar surface area (TPSA) is 77.7 Å². The molecule has 0 saturated carbocycles. The van der Waals surface area contributed by atoms with E-state index in [0.717, 1.165) is 17.5 Å². The third-order valence-electron chi connectivity index (χ3n) is 5.26. The minimum atomic E-state index is -0.378. The van der Waals surface area contributed by atoms with Gasteiger partial charge < -0.3 is 18.9 Å². The van der Waals surface area contributed by atoms with Crippen molar-refractivity contribution in [1.82, 2.24) is 10.1 Å². The fourth-order valence-corrected chi connectivity index (χ4v) is 3.64. The number of aromatic nitrogens is 2. The van der Waals surface area contributed by atoms with Crippen LogP contribution in [0, 0.1) is 12.7 Å². The van der Waals surface area contributed by atoms with Crippen molar-refractivity contribution in [3.8, 4) is 22.9 Å². The molecule has 1 aliphatic heterocycles. The van der Waals surface area contributed by atoms with E-state index >= 15 is 0 Å². The van der Waals surface area contributed by atoms with Crippen LogP contribution in [0.4, 0.5) is 10.1 Å². The van der Waals surface area contributed by atoms with Crippen LogP contribution in [0.1, 0.15) is 37.1 Å². The summed E-state index contributed by atoms with van der Waals surface area (Å²) < 4.78 is 30.3. The van der Waals surface area contributed by atoms with Crippen molar-refractivity contribution in [2.75, 3.05) is 25.2 Å². The maximum atomic E-state index is 13.7. The van der Waals surface area contributed by atoms with Crippen molar-refractivity contribution < 1.29 is 23.2 Å². The minimum absolute atomic E-state index is 0.0995. The normalized spacial score (nSPS) is 16.1. The Labute approximate surface area is 179 Å². The van der Waals surface area contributed by atoms with Gasteiger partial charge in [-0.25, -0.2) is 4.39 Å². The maximum Gasteiger partial charge on any atom is 0.232 e. The number of carbonyl (C=O) groups is 1. The Morgan fingerprint density at radius 3 is 2.84 bits per heavy atom. The second-order valence-electron chi connectivity index (χ2n) is 7.51. The third kappa shape index (κ3) is 4.23. The molecule has 1 fully saturated rings. The lowest BCUT2D eigenvalue weighted by atomic mass is 10.1. The number of halogens is 1. The van der Waals surface area contributed by atoms with Crippen LogP contribution in [0.3, 0.4) is 0 Å². The second-order valence-corrected chi connectivity index (χ2v) is 7.51. The number of carbonyl (C=O) groups excluding carboxylic acids is 1. The Balaban J connectivity index is 1.54. The summed E-state index contributed by atoms with van der Waals surface area (Å²) in [6.45, 7) is 4.84. The molecule has 31 heavy (non-hydrogen) atoms. The number of rotatable bonds is 7. The molecule has 2 heterocycles. The first kappa shape index (κ1) is 20.8. The largest absolute Gasteiger partial charge is 0.493 e. The lowest BCUT2D eigenvalue weighted by Gasteiger charge is -2.18. The summed E-state index contributed by atoms with van der Waals surface area (Å²) in [5, 5.41) is 4.08. The van der Waals surface area contributed by atoms with Gasteiger partial charge in [0.05, 0.1) is 19.6 Å². The average molecular weight is 425 g/mol. The molecule has 1 atom stereocenters. The van der Waals surface area contributed by atoms with Crippen LogP contribution in [0.25, 0.3) is 11.4 Å². The molecule has 162 valence electrons. The molecule has 0 N–H and O–H groups in total. The first-order valence-electron chi connectivity index (χ1n) is 10.2. The summed E-state index contributed by atoms with van der Waals surface area (Å²) in [7, 11) is 1.58. The van der Waals surface area contributed by atoms with Gasteiger partial charge in [0.25, 0.3) is 0 Å². The highest BCUT2D eigenvalue weighted by Crippen LogP contribution is 2.35. The SMILES string of the molecule is CCCOc1ccc(-c2noc(C3CC(=O)N(c4cc(F)ccc4C)C3)n2)cc1OC. The van der Waals surface area contributed by atoms with E-state index in [2.05, 4.69) is 10.1 Å². The molecule has 0 bridgehead atoms. The lowest BCUT2D eigenvalue weighted by molar-refractivity contribution is -0.117. The van der Waals surface area contributed by atoms with Crippen LogP contribution in [0.5, 0.6) is 11.5 Å². The first-order chi connectivity index (χ1) is 15.0. The van der Waals surface area contributed by atoms with E-state index in [-0.39, 0.29) is 24.1 Å². The van der Waals surface area contributed by atoms with Gasteiger partial charge in [0.15, 0.2) is 11.5 Å². The van der Waals surface area contributed by atoms with Gasteiger partial charge in [-0.15, -0.1) is 0 Å². The molecular formula is C23H24FN3O4. The van der Waals surface area contributed by atoms with E-state index in [1.807, 2.05) is 26.0 Å². The lowest BCUT2D eigenvalue weighted by Crippen LogP contribution is -2.25. The van der Waals surface area contributed by atoms with Gasteiger partial charge in [0.1, 0.15) is 5.82 Å². The van der Waals surface area contributed by atoms with Gasteiger partial charge in [-0.05, 0) is 49.2 Å². The highest BCUT2D eigenvalue weighted by molar-refractivity contribution is 5.97. The zero-order valence-corrected chi connectivity index (χ0v) is 17.7. The number of nitrogens with zero attached hydrogens (tertiary/aromatic N) is 3. The van der Waals surface area contributed by atoms with E-state index in [9.17, 15) is 9.18 Å². The Morgan fingerprint density at radius 1 is 1.23 bits per heavy atom. The number of amides is 1. The second kappa shape index (κ2) is 8.75. The predicted octanol–water partition coefficient (Wildman–Crippen LogP) is 4.50. The monoisotopic (exact) mass is 425 g/mol. The number of aryl methyl sites for hydroxylation is 1. The molecule has 1 saturated heterocycles. The number of benzene rings is 2. The first-order valence-corrected chi connectivity index (χ1v) is 10.2. The van der Waals surface area contributed by atoms with E-state index in [1.54, 1.807) is 24.1 Å². The Kier molecular flexibility index (Phi) is 5.88. The maximum absolute atomic E-state index is 13.7. The van der Waals surface area contributed by atoms with Crippen molar-refractivity contribution in [2.24, 2.45) is 0 Å². The molecular weight excluding hydrogens is 401 g/mol. The number of hydrogen-bond acceptors (Lipinski definition) is 6. The molecule has 0 aliphatic carbocycles. The highest BCUT2D eigenvalue weighted by Gasteiger charge is 2.36. The Bertz CT molecular complexity index is 1100. The molecule has 7 nitrogen and oxygen atoms in total. The molecule has 8 heteroatoms. The highest BCUT2D eigenvalue weighted by atomic mass is 19.1. The third-order valence-corrected chi connectivity index (χ3v) is 5.26. The standard InChI is InChI=1S/C23H24FN3O4/c1-4-9-30-19-8-6-15(10-20(19)29-3)22-25-23(31-26-22)16-11-21(28)27(13-16)18-12-17(24)7-5-14(18)2/h5-8,10,12,16H,4,9,11,13H2,1-3H3. The summed E-state index contributed by atoms with van der Waals surface area (Å²) in [6.07, 6.45) is 1.12. The van der Waals surface area contributed by atoms with Crippen molar-refractivity contribution in [1.29, 1.82) is 0 Å². The van der Waals surface area contributed by atoms with E-state index < -0.39 is 0 Å². The molecule has 3 aromatic rings. The Hall–Kier alpha value is -3.42. The number of hydrogen-bond donors (Lipinski definition) is 0.